The summed E-state index contributed by atoms with van der Waals surface area (Å²) in [4.78, 5) is 21.1. The van der Waals surface area contributed by atoms with Crippen LogP contribution in [0.15, 0.2) is 25.3 Å². The molecule has 0 aromatic carbocycles. The van der Waals surface area contributed by atoms with Crippen molar-refractivity contribution in [3.63, 3.8) is 0 Å². The van der Waals surface area contributed by atoms with Crippen LogP contribution in [0.1, 0.15) is 65.2 Å². The molecule has 0 spiro atoms. The predicted octanol–water partition coefficient (Wildman–Crippen LogP) is 4.64. The fourth-order valence-corrected chi connectivity index (χ4v) is 1.30. The quantitative estimate of drug-likeness (QED) is 0.419. The van der Waals surface area contributed by atoms with Gasteiger partial charge in [-0.1, -0.05) is 52.7 Å². The second-order valence-corrected chi connectivity index (χ2v) is 4.26. The van der Waals surface area contributed by atoms with E-state index in [1.165, 1.54) is 25.0 Å². The van der Waals surface area contributed by atoms with Crippen molar-refractivity contribution in [3.8, 4) is 0 Å². The molecule has 0 aliphatic carbocycles. The van der Waals surface area contributed by atoms with E-state index in [4.69, 9.17) is 0 Å². The van der Waals surface area contributed by atoms with E-state index in [0.717, 1.165) is 25.7 Å². The summed E-state index contributed by atoms with van der Waals surface area (Å²) in [6.45, 7) is 11.0. The highest BCUT2D eigenvalue weighted by atomic mass is 16.1. The fourth-order valence-electron chi connectivity index (χ4n) is 1.30. The molecule has 0 bridgehead atoms. The van der Waals surface area contributed by atoms with Crippen molar-refractivity contribution in [2.75, 3.05) is 0 Å². The van der Waals surface area contributed by atoms with Gasteiger partial charge in [0.05, 0.1) is 0 Å². The van der Waals surface area contributed by atoms with E-state index < -0.39 is 0 Å². The number of rotatable bonds is 10. The summed E-state index contributed by atoms with van der Waals surface area (Å²) >= 11 is 0. The van der Waals surface area contributed by atoms with Crippen LogP contribution in [-0.4, -0.2) is 11.6 Å². The Hall–Kier alpha value is -1.18. The van der Waals surface area contributed by atoms with Gasteiger partial charge in [-0.3, -0.25) is 9.59 Å². The third-order valence-electron chi connectivity index (χ3n) is 2.51. The number of hydrogen-bond acceptors (Lipinski definition) is 2. The molecule has 0 aliphatic heterocycles. The number of carbonyl (C=O) groups is 2. The maximum atomic E-state index is 10.6. The van der Waals surface area contributed by atoms with Gasteiger partial charge in [0.15, 0.2) is 11.6 Å². The molecule has 0 aliphatic rings. The molecule has 0 aromatic rings. The van der Waals surface area contributed by atoms with Gasteiger partial charge in [-0.15, -0.1) is 0 Å². The summed E-state index contributed by atoms with van der Waals surface area (Å²) in [6, 6.07) is 0. The van der Waals surface area contributed by atoms with E-state index in [1.807, 2.05) is 0 Å². The van der Waals surface area contributed by atoms with E-state index in [0.29, 0.717) is 12.8 Å². The number of unbranched alkanes of at least 4 members (excludes halogenated alkanes) is 4. The number of hydrogen-bond donors (Lipinski definition) is 0. The van der Waals surface area contributed by atoms with E-state index >= 15 is 0 Å². The summed E-state index contributed by atoms with van der Waals surface area (Å²) in [6.07, 6.45) is 10.8. The topological polar surface area (TPSA) is 34.1 Å². The lowest BCUT2D eigenvalue weighted by Gasteiger charge is -1.91. The monoisotopic (exact) mass is 252 g/mol. The zero-order valence-corrected chi connectivity index (χ0v) is 12.0. The Kier molecular flexibility index (Phi) is 16.8. The Morgan fingerprint density at radius 3 is 1.33 bits per heavy atom. The van der Waals surface area contributed by atoms with Crippen LogP contribution in [0, 0.1) is 0 Å². The first kappa shape index (κ1) is 19.2. The highest BCUT2D eigenvalue weighted by Crippen LogP contribution is 1.99. The lowest BCUT2D eigenvalue weighted by molar-refractivity contribution is -0.115. The Balaban J connectivity index is 0. The van der Waals surface area contributed by atoms with Gasteiger partial charge in [-0.25, -0.2) is 0 Å². The molecule has 104 valence electrons. The molecular formula is C16H28O2. The average Bonchev–Trinajstić information content (AvgIpc) is 2.39. The Bertz CT molecular complexity index is 215. The molecule has 0 saturated heterocycles. The highest BCUT2D eigenvalue weighted by Gasteiger charge is 1.93. The van der Waals surface area contributed by atoms with Gasteiger partial charge in [-0.2, -0.15) is 0 Å². The van der Waals surface area contributed by atoms with Crippen molar-refractivity contribution in [1.29, 1.82) is 0 Å². The van der Waals surface area contributed by atoms with Crippen LogP contribution in [-0.2, 0) is 9.59 Å². The Morgan fingerprint density at radius 2 is 1.11 bits per heavy atom. The molecule has 18 heavy (non-hydrogen) atoms. The first-order valence-electron chi connectivity index (χ1n) is 6.92. The molecule has 2 heteroatoms. The lowest BCUT2D eigenvalue weighted by Crippen LogP contribution is -1.90. The smallest absolute Gasteiger partial charge is 0.155 e. The normalized spacial score (nSPS) is 9.00. The van der Waals surface area contributed by atoms with Gasteiger partial charge in [-0.05, 0) is 25.0 Å². The molecule has 0 aromatic heterocycles. The summed E-state index contributed by atoms with van der Waals surface area (Å²) in [5, 5.41) is 0. The van der Waals surface area contributed by atoms with Crippen molar-refractivity contribution < 1.29 is 9.59 Å². The van der Waals surface area contributed by atoms with E-state index in [9.17, 15) is 9.59 Å². The summed E-state index contributed by atoms with van der Waals surface area (Å²) in [5.74, 6) is 0.340. The molecule has 0 saturated carbocycles. The zero-order chi connectivity index (χ0) is 14.2. The van der Waals surface area contributed by atoms with Crippen LogP contribution in [0.25, 0.3) is 0 Å². The third-order valence-corrected chi connectivity index (χ3v) is 2.51. The number of carbonyl (C=O) groups excluding carboxylic acids is 2. The van der Waals surface area contributed by atoms with Gasteiger partial charge < -0.3 is 0 Å². The number of ketones is 2. The van der Waals surface area contributed by atoms with Crippen molar-refractivity contribution in [2.45, 2.75) is 65.2 Å². The SMILES string of the molecule is C=CC(=O)CCCCC.C=CC(=O)CCCCC. The van der Waals surface area contributed by atoms with E-state index in [2.05, 4.69) is 27.0 Å². The molecule has 0 heterocycles. The van der Waals surface area contributed by atoms with Crippen LogP contribution < -0.4 is 0 Å². The summed E-state index contributed by atoms with van der Waals surface area (Å²) < 4.78 is 0. The first-order chi connectivity index (χ1) is 8.62. The second-order valence-electron chi connectivity index (χ2n) is 4.26. The average molecular weight is 252 g/mol. The minimum absolute atomic E-state index is 0.170. The molecule has 0 amide bonds. The van der Waals surface area contributed by atoms with Crippen LogP contribution in [0.5, 0.6) is 0 Å². The van der Waals surface area contributed by atoms with E-state index in [-0.39, 0.29) is 11.6 Å². The van der Waals surface area contributed by atoms with Crippen LogP contribution in [0.2, 0.25) is 0 Å². The predicted molar refractivity (Wildman–Crippen MR) is 78.7 cm³/mol. The summed E-state index contributed by atoms with van der Waals surface area (Å²) in [5.41, 5.74) is 0. The maximum Gasteiger partial charge on any atom is 0.155 e. The van der Waals surface area contributed by atoms with Gasteiger partial charge in [0.1, 0.15) is 0 Å². The minimum Gasteiger partial charge on any atom is -0.295 e. The minimum atomic E-state index is 0.170. The van der Waals surface area contributed by atoms with Crippen LogP contribution in [0.3, 0.4) is 0 Å². The van der Waals surface area contributed by atoms with Gasteiger partial charge in [0, 0.05) is 12.8 Å². The largest absolute Gasteiger partial charge is 0.295 e. The Morgan fingerprint density at radius 1 is 0.778 bits per heavy atom. The molecular weight excluding hydrogens is 224 g/mol. The van der Waals surface area contributed by atoms with Gasteiger partial charge in [0.25, 0.3) is 0 Å². The van der Waals surface area contributed by atoms with Crippen LogP contribution >= 0.6 is 0 Å². The lowest BCUT2D eigenvalue weighted by atomic mass is 10.1. The van der Waals surface area contributed by atoms with E-state index in [1.54, 1.807) is 0 Å². The molecule has 0 unspecified atom stereocenters. The molecule has 0 atom stereocenters. The molecule has 0 fully saturated rings. The zero-order valence-electron chi connectivity index (χ0n) is 12.0. The molecule has 0 N–H and O–H groups in total. The summed E-state index contributed by atoms with van der Waals surface area (Å²) in [7, 11) is 0. The molecule has 0 radical (unpaired) electrons. The fraction of sp³-hybridized carbons (Fsp3) is 0.625. The second kappa shape index (κ2) is 15.8. The first-order valence-corrected chi connectivity index (χ1v) is 6.92. The molecule has 2 nitrogen and oxygen atoms in total. The third kappa shape index (κ3) is 17.2. The van der Waals surface area contributed by atoms with Crippen molar-refractivity contribution in [2.24, 2.45) is 0 Å². The van der Waals surface area contributed by atoms with Gasteiger partial charge >= 0.3 is 0 Å². The maximum absolute atomic E-state index is 10.6. The van der Waals surface area contributed by atoms with Gasteiger partial charge in [0.2, 0.25) is 0 Å². The number of allylic oxidation sites excluding steroid dienone is 2. The van der Waals surface area contributed by atoms with Crippen molar-refractivity contribution in [1.82, 2.24) is 0 Å². The van der Waals surface area contributed by atoms with Crippen LogP contribution in [0.4, 0.5) is 0 Å². The highest BCUT2D eigenvalue weighted by molar-refractivity contribution is 5.89. The van der Waals surface area contributed by atoms with Crippen molar-refractivity contribution >= 4 is 11.6 Å². The standard InChI is InChI=1S/2C8H14O/c2*1-3-5-6-7-8(9)4-2/h2*4H,2-3,5-7H2,1H3. The molecule has 0 rings (SSSR count). The van der Waals surface area contributed by atoms with Crippen molar-refractivity contribution in [3.05, 3.63) is 25.3 Å². The Labute approximate surface area is 112 Å².